The Bertz CT molecular complexity index is 728. The minimum Gasteiger partial charge on any atom is -0.444 e. The second-order valence-electron chi connectivity index (χ2n) is 4.74. The molecule has 1 aromatic carbocycles. The number of nitrogens with zero attached hydrogens (tertiary/aromatic N) is 3. The molecule has 2 aromatic heterocycles. The van der Waals surface area contributed by atoms with E-state index < -0.39 is 0 Å². The summed E-state index contributed by atoms with van der Waals surface area (Å²) in [7, 11) is 0. The van der Waals surface area contributed by atoms with E-state index in [-0.39, 0.29) is 5.82 Å². The smallest absolute Gasteiger partial charge is 0.226 e. The van der Waals surface area contributed by atoms with Crippen LogP contribution in [0.1, 0.15) is 17.1 Å². The highest BCUT2D eigenvalue weighted by Crippen LogP contribution is 2.19. The maximum Gasteiger partial charge on any atom is 0.226 e. The highest BCUT2D eigenvalue weighted by molar-refractivity contribution is 5.52. The van der Waals surface area contributed by atoms with Gasteiger partial charge in [0.1, 0.15) is 17.8 Å². The molecule has 0 atom stereocenters. The van der Waals surface area contributed by atoms with Gasteiger partial charge in [-0.1, -0.05) is 0 Å². The average molecular weight is 271 g/mol. The van der Waals surface area contributed by atoms with Gasteiger partial charge in [-0.3, -0.25) is 4.68 Å². The van der Waals surface area contributed by atoms with Gasteiger partial charge in [0, 0.05) is 11.3 Å². The van der Waals surface area contributed by atoms with Crippen molar-refractivity contribution in [2.45, 2.75) is 20.4 Å². The number of aryl methyl sites for hydroxylation is 2. The van der Waals surface area contributed by atoms with Crippen LogP contribution in [0.15, 0.2) is 41.0 Å². The molecule has 3 aromatic rings. The summed E-state index contributed by atoms with van der Waals surface area (Å²) in [5, 5.41) is 4.38. The van der Waals surface area contributed by atoms with Crippen molar-refractivity contribution in [2.75, 3.05) is 0 Å². The molecule has 0 fully saturated rings. The van der Waals surface area contributed by atoms with Crippen molar-refractivity contribution in [2.24, 2.45) is 0 Å². The first-order valence-corrected chi connectivity index (χ1v) is 6.33. The molecule has 4 nitrogen and oxygen atoms in total. The summed E-state index contributed by atoms with van der Waals surface area (Å²) < 4.78 is 20.2. The molecule has 0 amide bonds. The summed E-state index contributed by atoms with van der Waals surface area (Å²) >= 11 is 0. The first-order valence-electron chi connectivity index (χ1n) is 6.33. The second-order valence-corrected chi connectivity index (χ2v) is 4.74. The van der Waals surface area contributed by atoms with Gasteiger partial charge in [0.15, 0.2) is 0 Å². The van der Waals surface area contributed by atoms with Crippen LogP contribution in [0.25, 0.3) is 11.5 Å². The summed E-state index contributed by atoms with van der Waals surface area (Å²) in [6, 6.07) is 8.09. The first kappa shape index (κ1) is 12.6. The summed E-state index contributed by atoms with van der Waals surface area (Å²) in [5.41, 5.74) is 3.60. The number of rotatable bonds is 3. The molecule has 20 heavy (non-hydrogen) atoms. The molecule has 0 aliphatic heterocycles. The van der Waals surface area contributed by atoms with Crippen molar-refractivity contribution in [1.29, 1.82) is 0 Å². The number of halogens is 1. The molecule has 0 radical (unpaired) electrons. The summed E-state index contributed by atoms with van der Waals surface area (Å²) in [6.45, 7) is 4.52. The van der Waals surface area contributed by atoms with Crippen LogP contribution in [0.2, 0.25) is 0 Å². The Labute approximate surface area is 115 Å². The predicted octanol–water partition coefficient (Wildman–Crippen LogP) is 3.34. The molecule has 0 saturated carbocycles. The van der Waals surface area contributed by atoms with Crippen molar-refractivity contribution in [1.82, 2.24) is 14.8 Å². The molecule has 0 N–H and O–H groups in total. The molecule has 0 bridgehead atoms. The van der Waals surface area contributed by atoms with E-state index in [1.54, 1.807) is 18.4 Å². The van der Waals surface area contributed by atoms with Crippen LogP contribution in [0.3, 0.4) is 0 Å². The molecule has 3 rings (SSSR count). The lowest BCUT2D eigenvalue weighted by molar-refractivity contribution is 0.568. The molecule has 0 spiro atoms. The SMILES string of the molecule is Cc1cc(C)n(Cc2coc(-c3ccc(F)cc3)n2)n1. The van der Waals surface area contributed by atoms with E-state index in [0.717, 1.165) is 22.6 Å². The maximum absolute atomic E-state index is 12.9. The molecule has 5 heteroatoms. The number of hydrogen-bond acceptors (Lipinski definition) is 3. The maximum atomic E-state index is 12.9. The van der Waals surface area contributed by atoms with E-state index in [0.29, 0.717) is 12.4 Å². The third-order valence-electron chi connectivity index (χ3n) is 3.06. The van der Waals surface area contributed by atoms with Crippen LogP contribution in [0, 0.1) is 19.7 Å². The fourth-order valence-electron chi connectivity index (χ4n) is 2.09. The monoisotopic (exact) mass is 271 g/mol. The van der Waals surface area contributed by atoms with Crippen molar-refractivity contribution >= 4 is 0 Å². The zero-order valence-corrected chi connectivity index (χ0v) is 11.3. The topological polar surface area (TPSA) is 43.9 Å². The van der Waals surface area contributed by atoms with Gasteiger partial charge in [-0.2, -0.15) is 5.10 Å². The minimum absolute atomic E-state index is 0.275. The van der Waals surface area contributed by atoms with E-state index in [2.05, 4.69) is 10.1 Å². The van der Waals surface area contributed by atoms with Gasteiger partial charge < -0.3 is 4.42 Å². The van der Waals surface area contributed by atoms with E-state index in [9.17, 15) is 4.39 Å². The zero-order chi connectivity index (χ0) is 14.1. The van der Waals surface area contributed by atoms with Gasteiger partial charge in [-0.05, 0) is 44.2 Å². The van der Waals surface area contributed by atoms with Crippen molar-refractivity contribution in [3.63, 3.8) is 0 Å². The van der Waals surface area contributed by atoms with Gasteiger partial charge in [0.2, 0.25) is 5.89 Å². The lowest BCUT2D eigenvalue weighted by atomic mass is 10.2. The Kier molecular flexibility index (Phi) is 3.10. The highest BCUT2D eigenvalue weighted by Gasteiger charge is 2.09. The number of aromatic nitrogens is 3. The normalized spacial score (nSPS) is 10.9. The molecule has 0 aliphatic carbocycles. The Morgan fingerprint density at radius 3 is 2.60 bits per heavy atom. The Balaban J connectivity index is 1.83. The molecule has 2 heterocycles. The van der Waals surface area contributed by atoms with Gasteiger partial charge in [-0.15, -0.1) is 0 Å². The third-order valence-corrected chi connectivity index (χ3v) is 3.06. The number of oxazole rings is 1. The molecule has 102 valence electrons. The fraction of sp³-hybridized carbons (Fsp3) is 0.200. The quantitative estimate of drug-likeness (QED) is 0.733. The van der Waals surface area contributed by atoms with Gasteiger partial charge >= 0.3 is 0 Å². The first-order chi connectivity index (χ1) is 9.61. The van der Waals surface area contributed by atoms with Crippen LogP contribution in [0.5, 0.6) is 0 Å². The van der Waals surface area contributed by atoms with Gasteiger partial charge in [0.25, 0.3) is 0 Å². The van der Waals surface area contributed by atoms with Crippen LogP contribution in [-0.2, 0) is 6.54 Å². The molecule has 0 unspecified atom stereocenters. The fourth-order valence-corrected chi connectivity index (χ4v) is 2.09. The largest absolute Gasteiger partial charge is 0.444 e. The standard InChI is InChI=1S/C15H14FN3O/c1-10-7-11(2)19(18-10)8-14-9-20-15(17-14)12-3-5-13(16)6-4-12/h3-7,9H,8H2,1-2H3. The molecule has 0 aliphatic rings. The van der Waals surface area contributed by atoms with Gasteiger partial charge in [0.05, 0.1) is 12.2 Å². The summed E-state index contributed by atoms with van der Waals surface area (Å²) in [5.74, 6) is 0.213. The Morgan fingerprint density at radius 1 is 1.20 bits per heavy atom. The molecular formula is C15H14FN3O. The highest BCUT2D eigenvalue weighted by atomic mass is 19.1. The van der Waals surface area contributed by atoms with E-state index in [1.807, 2.05) is 24.6 Å². The van der Waals surface area contributed by atoms with Crippen LogP contribution in [0.4, 0.5) is 4.39 Å². The lowest BCUT2D eigenvalue weighted by Crippen LogP contribution is -2.04. The van der Waals surface area contributed by atoms with Crippen molar-refractivity contribution in [3.05, 3.63) is 59.5 Å². The van der Waals surface area contributed by atoms with Crippen LogP contribution >= 0.6 is 0 Å². The van der Waals surface area contributed by atoms with Crippen molar-refractivity contribution in [3.8, 4) is 11.5 Å². The molecule has 0 saturated heterocycles. The van der Waals surface area contributed by atoms with Crippen LogP contribution < -0.4 is 0 Å². The summed E-state index contributed by atoms with van der Waals surface area (Å²) in [6.07, 6.45) is 1.61. The third kappa shape index (κ3) is 2.47. The van der Waals surface area contributed by atoms with E-state index >= 15 is 0 Å². The number of benzene rings is 1. The zero-order valence-electron chi connectivity index (χ0n) is 11.3. The summed E-state index contributed by atoms with van der Waals surface area (Å²) in [4.78, 5) is 4.41. The predicted molar refractivity (Wildman–Crippen MR) is 72.7 cm³/mol. The minimum atomic E-state index is -0.275. The van der Waals surface area contributed by atoms with Crippen molar-refractivity contribution < 1.29 is 8.81 Å². The second kappa shape index (κ2) is 4.92. The Hall–Kier alpha value is -2.43. The van der Waals surface area contributed by atoms with E-state index in [4.69, 9.17) is 4.42 Å². The lowest BCUT2D eigenvalue weighted by Gasteiger charge is -1.99. The average Bonchev–Trinajstić information content (AvgIpc) is 2.98. The molecular weight excluding hydrogens is 257 g/mol. The Morgan fingerprint density at radius 2 is 1.95 bits per heavy atom. The number of hydrogen-bond donors (Lipinski definition) is 0. The van der Waals surface area contributed by atoms with Crippen LogP contribution in [-0.4, -0.2) is 14.8 Å². The van der Waals surface area contributed by atoms with Gasteiger partial charge in [-0.25, -0.2) is 9.37 Å². The van der Waals surface area contributed by atoms with E-state index in [1.165, 1.54) is 12.1 Å².